The van der Waals surface area contributed by atoms with E-state index in [1.165, 1.54) is 12.1 Å². The molecule has 1 heterocycles. The molecule has 0 saturated heterocycles. The predicted octanol–water partition coefficient (Wildman–Crippen LogP) is 4.30. The molecule has 1 aliphatic heterocycles. The van der Waals surface area contributed by atoms with Gasteiger partial charge in [0.2, 0.25) is 21.8 Å². The molecule has 2 amide bonds. The molecule has 0 radical (unpaired) electrons. The van der Waals surface area contributed by atoms with Crippen molar-refractivity contribution in [3.05, 3.63) is 87.9 Å². The first-order valence-corrected chi connectivity index (χ1v) is 12.6. The second-order valence-electron chi connectivity index (χ2n) is 7.80. The highest BCUT2D eigenvalue weighted by Gasteiger charge is 2.28. The van der Waals surface area contributed by atoms with E-state index in [0.717, 1.165) is 11.1 Å². The van der Waals surface area contributed by atoms with Crippen molar-refractivity contribution in [3.8, 4) is 0 Å². The summed E-state index contributed by atoms with van der Waals surface area (Å²) < 4.78 is 29.7. The summed E-state index contributed by atoms with van der Waals surface area (Å²) in [6.07, 6.45) is 0.749. The van der Waals surface area contributed by atoms with Crippen molar-refractivity contribution in [2.24, 2.45) is 0 Å². The zero-order chi connectivity index (χ0) is 23.6. The minimum atomic E-state index is -4.04. The van der Waals surface area contributed by atoms with Gasteiger partial charge in [-0.15, -0.1) is 0 Å². The molecule has 9 heteroatoms. The number of sulfonamides is 1. The number of anilines is 2. The lowest BCUT2D eigenvalue weighted by molar-refractivity contribution is -0.118. The highest BCUT2D eigenvalue weighted by atomic mass is 79.9. The summed E-state index contributed by atoms with van der Waals surface area (Å²) >= 11 is 3.43. The van der Waals surface area contributed by atoms with Gasteiger partial charge in [-0.25, -0.2) is 8.42 Å². The maximum atomic E-state index is 13.2. The third kappa shape index (κ3) is 5.32. The Morgan fingerprint density at radius 3 is 2.52 bits per heavy atom. The smallest absolute Gasteiger partial charge is 0.247 e. The van der Waals surface area contributed by atoms with Crippen molar-refractivity contribution >= 4 is 49.1 Å². The predicted molar refractivity (Wildman–Crippen MR) is 130 cm³/mol. The molecule has 1 atom stereocenters. The monoisotopic (exact) mass is 527 g/mol. The van der Waals surface area contributed by atoms with Gasteiger partial charge in [0.25, 0.3) is 0 Å². The van der Waals surface area contributed by atoms with E-state index in [4.69, 9.17) is 0 Å². The molecule has 3 N–H and O–H groups in total. The molecule has 3 aromatic carbocycles. The van der Waals surface area contributed by atoms with Crippen LogP contribution in [-0.4, -0.2) is 20.2 Å². The number of amides is 2. The maximum Gasteiger partial charge on any atom is 0.247 e. The topological polar surface area (TPSA) is 104 Å². The Morgan fingerprint density at radius 2 is 1.79 bits per heavy atom. The van der Waals surface area contributed by atoms with Gasteiger partial charge >= 0.3 is 0 Å². The van der Waals surface area contributed by atoms with E-state index in [0.29, 0.717) is 34.3 Å². The van der Waals surface area contributed by atoms with Crippen LogP contribution < -0.4 is 15.4 Å². The van der Waals surface area contributed by atoms with Crippen LogP contribution in [0.2, 0.25) is 0 Å². The molecule has 1 unspecified atom stereocenters. The lowest BCUT2D eigenvalue weighted by atomic mass is 10.0. The molecular formula is C24H22BrN3O4S. The lowest BCUT2D eigenvalue weighted by Crippen LogP contribution is -2.37. The summed E-state index contributed by atoms with van der Waals surface area (Å²) in [6, 6.07) is 17.5. The molecule has 0 spiro atoms. The Balaban J connectivity index is 1.64. The number of rotatable bonds is 6. The maximum absolute atomic E-state index is 13.2. The molecule has 7 nitrogen and oxygen atoms in total. The Hall–Kier alpha value is -3.01. The molecule has 4 rings (SSSR count). The molecule has 0 aromatic heterocycles. The Labute approximate surface area is 200 Å². The van der Waals surface area contributed by atoms with E-state index in [1.807, 2.05) is 19.1 Å². The Bertz CT molecular complexity index is 1330. The molecule has 33 heavy (non-hydrogen) atoms. The third-order valence-electron chi connectivity index (χ3n) is 5.33. The van der Waals surface area contributed by atoms with Gasteiger partial charge in [0.05, 0.1) is 10.6 Å². The van der Waals surface area contributed by atoms with Crippen LogP contribution in [0.25, 0.3) is 0 Å². The van der Waals surface area contributed by atoms with Gasteiger partial charge in [0, 0.05) is 16.6 Å². The van der Waals surface area contributed by atoms with Crippen molar-refractivity contribution in [3.63, 3.8) is 0 Å². The summed E-state index contributed by atoms with van der Waals surface area (Å²) in [5, 5.41) is 5.54. The van der Waals surface area contributed by atoms with Crippen molar-refractivity contribution in [2.45, 2.75) is 30.7 Å². The van der Waals surface area contributed by atoms with E-state index in [9.17, 15) is 18.0 Å². The van der Waals surface area contributed by atoms with Crippen molar-refractivity contribution < 1.29 is 18.0 Å². The largest absolute Gasteiger partial charge is 0.326 e. The third-order valence-corrected chi connectivity index (χ3v) is 7.41. The summed E-state index contributed by atoms with van der Waals surface area (Å²) in [7, 11) is -4.04. The molecule has 0 aliphatic carbocycles. The van der Waals surface area contributed by atoms with Gasteiger partial charge in [0.1, 0.15) is 6.04 Å². The Morgan fingerprint density at radius 1 is 1.03 bits per heavy atom. The molecule has 1 aliphatic rings. The van der Waals surface area contributed by atoms with Crippen molar-refractivity contribution in [1.29, 1.82) is 0 Å². The summed E-state index contributed by atoms with van der Waals surface area (Å²) in [6.45, 7) is 1.93. The number of hydrogen-bond donors (Lipinski definition) is 3. The van der Waals surface area contributed by atoms with Gasteiger partial charge < -0.3 is 10.6 Å². The minimum Gasteiger partial charge on any atom is -0.326 e. The number of carbonyl (C=O) groups excluding carboxylic acids is 2. The van der Waals surface area contributed by atoms with Crippen LogP contribution in [-0.2, 0) is 26.0 Å². The zero-order valence-electron chi connectivity index (χ0n) is 17.8. The van der Waals surface area contributed by atoms with Crippen molar-refractivity contribution in [2.75, 3.05) is 10.6 Å². The second kappa shape index (κ2) is 9.46. The average Bonchev–Trinajstić information content (AvgIpc) is 2.79. The number of nitrogens with one attached hydrogen (secondary N) is 3. The fourth-order valence-corrected chi connectivity index (χ4v) is 5.42. The van der Waals surface area contributed by atoms with Gasteiger partial charge in [-0.3, -0.25) is 9.59 Å². The average molecular weight is 528 g/mol. The molecule has 0 saturated carbocycles. The van der Waals surface area contributed by atoms with Crippen LogP contribution in [0.15, 0.2) is 76.1 Å². The van der Waals surface area contributed by atoms with Gasteiger partial charge in [0.15, 0.2) is 0 Å². The Kier molecular flexibility index (Phi) is 6.64. The molecule has 0 bridgehead atoms. The van der Waals surface area contributed by atoms with Gasteiger partial charge in [-0.05, 0) is 76.3 Å². The van der Waals surface area contributed by atoms with Crippen LogP contribution in [0.3, 0.4) is 0 Å². The fourth-order valence-electron chi connectivity index (χ4n) is 3.59. The highest BCUT2D eigenvalue weighted by molar-refractivity contribution is 9.10. The van der Waals surface area contributed by atoms with Crippen LogP contribution in [0, 0.1) is 6.92 Å². The van der Waals surface area contributed by atoms with Gasteiger partial charge in [-0.2, -0.15) is 4.72 Å². The summed E-state index contributed by atoms with van der Waals surface area (Å²) in [4.78, 5) is 24.8. The SMILES string of the molecule is Cc1ccc(NC(=O)C(NS(=O)(=O)c2ccc3c(c2)CCC(=O)N3)c2ccccc2)c(Br)c1. The number of benzene rings is 3. The molecule has 170 valence electrons. The fraction of sp³-hybridized carbons (Fsp3) is 0.167. The van der Waals surface area contributed by atoms with E-state index < -0.39 is 22.0 Å². The zero-order valence-corrected chi connectivity index (χ0v) is 20.2. The first-order chi connectivity index (χ1) is 15.7. The standard InChI is InChI=1S/C24H22BrN3O4S/c1-15-7-10-21(19(25)13-15)27-24(30)23(16-5-3-2-4-6-16)28-33(31,32)18-9-11-20-17(14-18)8-12-22(29)26-20/h2-7,9-11,13-14,23,28H,8,12H2,1H3,(H,26,29)(H,27,30). The highest BCUT2D eigenvalue weighted by Crippen LogP contribution is 2.28. The van der Waals surface area contributed by atoms with Gasteiger partial charge in [-0.1, -0.05) is 36.4 Å². The van der Waals surface area contributed by atoms with E-state index >= 15 is 0 Å². The molecule has 0 fully saturated rings. The summed E-state index contributed by atoms with van der Waals surface area (Å²) in [5.74, 6) is -0.612. The quantitative estimate of drug-likeness (QED) is 0.444. The molecular weight excluding hydrogens is 506 g/mol. The number of fused-ring (bicyclic) bond motifs is 1. The number of halogens is 1. The van der Waals surface area contributed by atoms with E-state index in [-0.39, 0.29) is 10.8 Å². The van der Waals surface area contributed by atoms with E-state index in [2.05, 4.69) is 31.3 Å². The van der Waals surface area contributed by atoms with Crippen molar-refractivity contribution in [1.82, 2.24) is 4.72 Å². The van der Waals surface area contributed by atoms with Crippen LogP contribution in [0.1, 0.15) is 29.2 Å². The normalized spacial score (nSPS) is 14.2. The molecule has 3 aromatic rings. The number of aryl methyl sites for hydroxylation is 2. The first kappa shape index (κ1) is 23.2. The second-order valence-corrected chi connectivity index (χ2v) is 10.4. The van der Waals surface area contributed by atoms with Crippen LogP contribution >= 0.6 is 15.9 Å². The lowest BCUT2D eigenvalue weighted by Gasteiger charge is -2.21. The first-order valence-electron chi connectivity index (χ1n) is 10.3. The van der Waals surface area contributed by atoms with E-state index in [1.54, 1.807) is 42.5 Å². The van der Waals surface area contributed by atoms with Crippen LogP contribution in [0.4, 0.5) is 11.4 Å². The number of hydrogen-bond acceptors (Lipinski definition) is 4. The number of carbonyl (C=O) groups is 2. The van der Waals surface area contributed by atoms with Crippen LogP contribution in [0.5, 0.6) is 0 Å². The minimum absolute atomic E-state index is 0.0302. The summed E-state index contributed by atoms with van der Waals surface area (Å²) in [5.41, 5.74) is 3.40.